The predicted molar refractivity (Wildman–Crippen MR) is 69.2 cm³/mol. The van der Waals surface area contributed by atoms with Gasteiger partial charge in [-0.1, -0.05) is 0 Å². The number of nitrogens with zero attached hydrogens (tertiary/aromatic N) is 2. The normalized spacial score (nSPS) is 20.3. The van der Waals surface area contributed by atoms with Gasteiger partial charge in [-0.25, -0.2) is 0 Å². The molecular formula is C13H18N4O2. The first-order valence-electron chi connectivity index (χ1n) is 6.58. The maximum absolute atomic E-state index is 11.8. The third-order valence-electron chi connectivity index (χ3n) is 4.04. The molecule has 1 aliphatic carbocycles. The van der Waals surface area contributed by atoms with Gasteiger partial charge in [-0.2, -0.15) is 5.10 Å². The number of rotatable bonds is 2. The molecule has 1 aromatic rings. The number of H-pyrrole nitrogens is 1. The van der Waals surface area contributed by atoms with E-state index in [1.807, 2.05) is 13.8 Å². The lowest BCUT2D eigenvalue weighted by atomic mass is 10.0. The number of hydrogen-bond donors (Lipinski definition) is 2. The van der Waals surface area contributed by atoms with Crippen LogP contribution in [0.3, 0.4) is 0 Å². The predicted octanol–water partition coefficient (Wildman–Crippen LogP) is 1.36. The number of carbonyl (C=O) groups is 2. The first-order valence-corrected chi connectivity index (χ1v) is 6.58. The minimum atomic E-state index is -0.406. The lowest BCUT2D eigenvalue weighted by Gasteiger charge is -2.30. The maximum atomic E-state index is 11.8. The second kappa shape index (κ2) is 3.82. The third-order valence-corrected chi connectivity index (χ3v) is 4.04. The SMILES string of the molecule is CC(=O)N1Cc2c(NC(=O)C3CC3)n[nH]c2C1(C)C. The van der Waals surface area contributed by atoms with E-state index < -0.39 is 5.54 Å². The Labute approximate surface area is 111 Å². The molecule has 0 atom stereocenters. The van der Waals surface area contributed by atoms with E-state index in [2.05, 4.69) is 15.5 Å². The number of carbonyl (C=O) groups excluding carboxylic acids is 2. The molecule has 102 valence electrons. The van der Waals surface area contributed by atoms with Crippen LogP contribution < -0.4 is 5.32 Å². The minimum absolute atomic E-state index is 0.0223. The summed E-state index contributed by atoms with van der Waals surface area (Å²) in [5, 5.41) is 10.0. The average molecular weight is 262 g/mol. The van der Waals surface area contributed by atoms with Crippen LogP contribution in [0.15, 0.2) is 0 Å². The molecule has 1 fully saturated rings. The molecule has 1 saturated carbocycles. The Bertz CT molecular complexity index is 557. The zero-order chi connectivity index (χ0) is 13.8. The Morgan fingerprint density at radius 1 is 1.42 bits per heavy atom. The van der Waals surface area contributed by atoms with E-state index >= 15 is 0 Å². The quantitative estimate of drug-likeness (QED) is 0.844. The molecule has 1 aromatic heterocycles. The zero-order valence-electron chi connectivity index (χ0n) is 11.4. The molecule has 2 amide bonds. The second-order valence-corrected chi connectivity index (χ2v) is 5.85. The molecule has 0 spiro atoms. The Kier molecular flexibility index (Phi) is 2.45. The summed E-state index contributed by atoms with van der Waals surface area (Å²) >= 11 is 0. The van der Waals surface area contributed by atoms with Crippen molar-refractivity contribution in [3.05, 3.63) is 11.3 Å². The van der Waals surface area contributed by atoms with Gasteiger partial charge in [-0.05, 0) is 26.7 Å². The molecule has 2 heterocycles. The van der Waals surface area contributed by atoms with Crippen molar-refractivity contribution in [1.82, 2.24) is 15.1 Å². The molecule has 0 radical (unpaired) electrons. The highest BCUT2D eigenvalue weighted by atomic mass is 16.2. The van der Waals surface area contributed by atoms with Crippen LogP contribution in [0.5, 0.6) is 0 Å². The Balaban J connectivity index is 1.88. The molecule has 3 rings (SSSR count). The number of amides is 2. The summed E-state index contributed by atoms with van der Waals surface area (Å²) in [6, 6.07) is 0. The molecule has 6 nitrogen and oxygen atoms in total. The fraction of sp³-hybridized carbons (Fsp3) is 0.615. The van der Waals surface area contributed by atoms with Crippen LogP contribution in [-0.2, 0) is 21.7 Å². The van der Waals surface area contributed by atoms with Crippen LogP contribution in [-0.4, -0.2) is 26.9 Å². The van der Waals surface area contributed by atoms with Gasteiger partial charge < -0.3 is 10.2 Å². The summed E-state index contributed by atoms with van der Waals surface area (Å²) in [5.74, 6) is 0.775. The van der Waals surface area contributed by atoms with Gasteiger partial charge in [0.1, 0.15) is 0 Å². The summed E-state index contributed by atoms with van der Waals surface area (Å²) in [4.78, 5) is 25.3. The largest absolute Gasteiger partial charge is 0.328 e. The maximum Gasteiger partial charge on any atom is 0.228 e. The van der Waals surface area contributed by atoms with Crippen LogP contribution in [0.1, 0.15) is 44.9 Å². The van der Waals surface area contributed by atoms with Crippen molar-refractivity contribution in [3.8, 4) is 0 Å². The van der Waals surface area contributed by atoms with Crippen molar-refractivity contribution in [2.75, 3.05) is 5.32 Å². The summed E-state index contributed by atoms with van der Waals surface area (Å²) in [5.41, 5.74) is 1.43. The molecule has 2 aliphatic rings. The van der Waals surface area contributed by atoms with Crippen molar-refractivity contribution in [1.29, 1.82) is 0 Å². The number of fused-ring (bicyclic) bond motifs is 1. The second-order valence-electron chi connectivity index (χ2n) is 5.85. The first-order chi connectivity index (χ1) is 8.91. The van der Waals surface area contributed by atoms with Crippen molar-refractivity contribution in [3.63, 3.8) is 0 Å². The van der Waals surface area contributed by atoms with Gasteiger partial charge in [0.2, 0.25) is 11.8 Å². The molecule has 0 bridgehead atoms. The summed E-state index contributed by atoms with van der Waals surface area (Å²) in [6.07, 6.45) is 1.92. The van der Waals surface area contributed by atoms with Gasteiger partial charge in [0.05, 0.1) is 17.8 Å². The molecular weight excluding hydrogens is 244 g/mol. The standard InChI is InChI=1S/C13H18N4O2/c1-7(18)17-6-9-10(13(17,2)3)15-16-11(9)14-12(19)8-4-5-8/h8H,4-6H2,1-3H3,(H2,14,15,16,19). The molecule has 0 saturated heterocycles. The first kappa shape index (κ1) is 12.2. The van der Waals surface area contributed by atoms with Gasteiger partial charge in [0.15, 0.2) is 5.82 Å². The molecule has 1 aliphatic heterocycles. The highest BCUT2D eigenvalue weighted by Crippen LogP contribution is 2.40. The number of nitrogens with one attached hydrogen (secondary N) is 2. The molecule has 0 aromatic carbocycles. The topological polar surface area (TPSA) is 78.1 Å². The summed E-state index contributed by atoms with van der Waals surface area (Å²) in [7, 11) is 0. The number of anilines is 1. The Morgan fingerprint density at radius 3 is 2.68 bits per heavy atom. The fourth-order valence-corrected chi connectivity index (χ4v) is 2.69. The van der Waals surface area contributed by atoms with Crippen LogP contribution >= 0.6 is 0 Å². The van der Waals surface area contributed by atoms with E-state index in [0.717, 1.165) is 24.1 Å². The monoisotopic (exact) mass is 262 g/mol. The van der Waals surface area contributed by atoms with Crippen LogP contribution in [0.4, 0.5) is 5.82 Å². The van der Waals surface area contributed by atoms with Crippen molar-refractivity contribution in [2.24, 2.45) is 5.92 Å². The third kappa shape index (κ3) is 1.82. The smallest absolute Gasteiger partial charge is 0.228 e. The molecule has 19 heavy (non-hydrogen) atoms. The zero-order valence-corrected chi connectivity index (χ0v) is 11.4. The highest BCUT2D eigenvalue weighted by Gasteiger charge is 2.43. The highest BCUT2D eigenvalue weighted by molar-refractivity contribution is 5.94. The molecule has 6 heteroatoms. The minimum Gasteiger partial charge on any atom is -0.328 e. The van der Waals surface area contributed by atoms with E-state index in [4.69, 9.17) is 0 Å². The van der Waals surface area contributed by atoms with E-state index in [0.29, 0.717) is 12.4 Å². The van der Waals surface area contributed by atoms with E-state index in [1.165, 1.54) is 0 Å². The molecule has 2 N–H and O–H groups in total. The van der Waals surface area contributed by atoms with Crippen molar-refractivity contribution < 1.29 is 9.59 Å². The van der Waals surface area contributed by atoms with E-state index in [9.17, 15) is 9.59 Å². The van der Waals surface area contributed by atoms with Gasteiger partial charge in [0.25, 0.3) is 0 Å². The van der Waals surface area contributed by atoms with E-state index in [-0.39, 0.29) is 17.7 Å². The Morgan fingerprint density at radius 2 is 2.11 bits per heavy atom. The summed E-state index contributed by atoms with van der Waals surface area (Å²) in [6.45, 7) is 6.01. The van der Waals surface area contributed by atoms with Crippen LogP contribution in [0.2, 0.25) is 0 Å². The fourth-order valence-electron chi connectivity index (χ4n) is 2.69. The Hall–Kier alpha value is -1.85. The number of aromatic amines is 1. The lowest BCUT2D eigenvalue weighted by molar-refractivity contribution is -0.134. The van der Waals surface area contributed by atoms with Crippen molar-refractivity contribution >= 4 is 17.6 Å². The van der Waals surface area contributed by atoms with Crippen LogP contribution in [0.25, 0.3) is 0 Å². The van der Waals surface area contributed by atoms with Gasteiger partial charge >= 0.3 is 0 Å². The lowest BCUT2D eigenvalue weighted by Crippen LogP contribution is -2.39. The average Bonchev–Trinajstić information content (AvgIpc) is 3.03. The number of aromatic nitrogens is 2. The van der Waals surface area contributed by atoms with Gasteiger partial charge in [-0.3, -0.25) is 14.7 Å². The van der Waals surface area contributed by atoms with Crippen molar-refractivity contribution in [2.45, 2.75) is 45.7 Å². The number of hydrogen-bond acceptors (Lipinski definition) is 3. The van der Waals surface area contributed by atoms with Crippen LogP contribution in [0, 0.1) is 5.92 Å². The van der Waals surface area contributed by atoms with E-state index in [1.54, 1.807) is 11.8 Å². The van der Waals surface area contributed by atoms with Gasteiger partial charge in [0, 0.05) is 18.4 Å². The summed E-state index contributed by atoms with van der Waals surface area (Å²) < 4.78 is 0. The van der Waals surface area contributed by atoms with Gasteiger partial charge in [-0.15, -0.1) is 0 Å². The molecule has 0 unspecified atom stereocenters.